The molecule has 0 rings (SSSR count). The number of rotatable bonds is 3. The molecular formula is C7H16O3. The van der Waals surface area contributed by atoms with Gasteiger partial charge in [0.2, 0.25) is 0 Å². The van der Waals surface area contributed by atoms with E-state index in [4.69, 9.17) is 9.84 Å². The van der Waals surface area contributed by atoms with Crippen molar-refractivity contribution in [1.29, 1.82) is 0 Å². The minimum atomic E-state index is -1.18. The van der Waals surface area contributed by atoms with Crippen molar-refractivity contribution in [3.8, 4) is 0 Å². The van der Waals surface area contributed by atoms with Crippen molar-refractivity contribution in [2.24, 2.45) is 0 Å². The molecule has 0 saturated carbocycles. The molecule has 2 N–H and O–H groups in total. The van der Waals surface area contributed by atoms with E-state index in [0.29, 0.717) is 0 Å². The summed E-state index contributed by atoms with van der Waals surface area (Å²) >= 11 is 0. The second kappa shape index (κ2) is 2.86. The quantitative estimate of drug-likeness (QED) is 0.599. The topological polar surface area (TPSA) is 49.7 Å². The Hall–Kier alpha value is -0.120. The van der Waals surface area contributed by atoms with Crippen LogP contribution in [0.25, 0.3) is 0 Å². The standard InChI is InChI=1S/C7H16O3/c1-6(2,10-4)7(3,9)5-8/h8-9H,5H2,1-4H3. The molecule has 62 valence electrons. The first kappa shape index (κ1) is 9.88. The summed E-state index contributed by atoms with van der Waals surface area (Å²) in [6, 6.07) is 0. The third kappa shape index (κ3) is 1.68. The van der Waals surface area contributed by atoms with Crippen molar-refractivity contribution in [3.05, 3.63) is 0 Å². The zero-order valence-electron chi connectivity index (χ0n) is 7.01. The fourth-order valence-corrected chi connectivity index (χ4v) is 0.410. The zero-order valence-corrected chi connectivity index (χ0v) is 7.01. The molecule has 0 amide bonds. The Morgan fingerprint density at radius 3 is 1.80 bits per heavy atom. The highest BCUT2D eigenvalue weighted by Crippen LogP contribution is 2.23. The molecule has 0 aromatic heterocycles. The van der Waals surface area contributed by atoms with Gasteiger partial charge in [0, 0.05) is 7.11 Å². The van der Waals surface area contributed by atoms with Crippen molar-refractivity contribution in [2.45, 2.75) is 32.0 Å². The molecule has 1 unspecified atom stereocenters. The lowest BCUT2D eigenvalue weighted by atomic mass is 9.88. The predicted molar refractivity (Wildman–Crippen MR) is 38.8 cm³/mol. The fraction of sp³-hybridized carbons (Fsp3) is 1.00. The maximum atomic E-state index is 9.48. The van der Waals surface area contributed by atoms with Crippen LogP contribution in [0, 0.1) is 0 Å². The van der Waals surface area contributed by atoms with Gasteiger partial charge in [0.05, 0.1) is 12.2 Å². The van der Waals surface area contributed by atoms with Crippen LogP contribution in [0.5, 0.6) is 0 Å². The van der Waals surface area contributed by atoms with Gasteiger partial charge in [-0.15, -0.1) is 0 Å². The lowest BCUT2D eigenvalue weighted by molar-refractivity contribution is -0.159. The normalized spacial score (nSPS) is 18.6. The van der Waals surface area contributed by atoms with Gasteiger partial charge >= 0.3 is 0 Å². The average molecular weight is 148 g/mol. The second-order valence-electron chi connectivity index (χ2n) is 3.15. The van der Waals surface area contributed by atoms with E-state index in [1.165, 1.54) is 14.0 Å². The number of hydrogen-bond acceptors (Lipinski definition) is 3. The van der Waals surface area contributed by atoms with Crippen LogP contribution in [-0.4, -0.2) is 35.1 Å². The first-order valence-corrected chi connectivity index (χ1v) is 3.26. The minimum Gasteiger partial charge on any atom is -0.393 e. The lowest BCUT2D eigenvalue weighted by Crippen LogP contribution is -2.51. The number of hydrogen-bond donors (Lipinski definition) is 2. The van der Waals surface area contributed by atoms with Crippen molar-refractivity contribution in [1.82, 2.24) is 0 Å². The van der Waals surface area contributed by atoms with Crippen LogP contribution < -0.4 is 0 Å². The van der Waals surface area contributed by atoms with Crippen LogP contribution in [0.15, 0.2) is 0 Å². The van der Waals surface area contributed by atoms with Gasteiger partial charge in [-0.25, -0.2) is 0 Å². The van der Waals surface area contributed by atoms with Crippen molar-refractivity contribution >= 4 is 0 Å². The summed E-state index contributed by atoms with van der Waals surface area (Å²) in [7, 11) is 1.50. The molecule has 0 aromatic carbocycles. The van der Waals surface area contributed by atoms with Crippen molar-refractivity contribution in [3.63, 3.8) is 0 Å². The summed E-state index contributed by atoms with van der Waals surface area (Å²) in [5.41, 5.74) is -1.89. The van der Waals surface area contributed by atoms with Gasteiger partial charge in [-0.3, -0.25) is 0 Å². The molecule has 0 aliphatic rings. The molecule has 0 spiro atoms. The zero-order chi connectivity index (χ0) is 8.41. The van der Waals surface area contributed by atoms with E-state index in [2.05, 4.69) is 0 Å². The highest BCUT2D eigenvalue weighted by Gasteiger charge is 2.38. The molecule has 3 heteroatoms. The second-order valence-corrected chi connectivity index (χ2v) is 3.15. The van der Waals surface area contributed by atoms with Gasteiger partial charge in [0.15, 0.2) is 0 Å². The Bertz CT molecular complexity index is 93.4. The molecule has 10 heavy (non-hydrogen) atoms. The Morgan fingerprint density at radius 1 is 1.30 bits per heavy atom. The van der Waals surface area contributed by atoms with Gasteiger partial charge < -0.3 is 14.9 Å². The van der Waals surface area contributed by atoms with Crippen LogP contribution in [0.1, 0.15) is 20.8 Å². The summed E-state index contributed by atoms with van der Waals surface area (Å²) in [5.74, 6) is 0. The van der Waals surface area contributed by atoms with E-state index in [-0.39, 0.29) is 6.61 Å². The Labute approximate surface area is 61.6 Å². The van der Waals surface area contributed by atoms with Crippen LogP contribution >= 0.6 is 0 Å². The molecule has 1 atom stereocenters. The molecule has 0 fully saturated rings. The lowest BCUT2D eigenvalue weighted by Gasteiger charge is -2.37. The van der Waals surface area contributed by atoms with E-state index in [1.807, 2.05) is 0 Å². The number of aliphatic hydroxyl groups is 2. The van der Waals surface area contributed by atoms with E-state index >= 15 is 0 Å². The van der Waals surface area contributed by atoms with Crippen LogP contribution in [0.3, 0.4) is 0 Å². The summed E-state index contributed by atoms with van der Waals surface area (Å²) in [6.45, 7) is 4.69. The molecule has 0 radical (unpaired) electrons. The highest BCUT2D eigenvalue weighted by molar-refractivity contribution is 4.90. The van der Waals surface area contributed by atoms with Crippen LogP contribution in [0.4, 0.5) is 0 Å². The molecule has 3 nitrogen and oxygen atoms in total. The number of aliphatic hydroxyl groups excluding tert-OH is 1. The Morgan fingerprint density at radius 2 is 1.70 bits per heavy atom. The summed E-state index contributed by atoms with van der Waals surface area (Å²) in [4.78, 5) is 0. The van der Waals surface area contributed by atoms with Gasteiger partial charge in [-0.05, 0) is 20.8 Å². The number of methoxy groups -OCH3 is 1. The van der Waals surface area contributed by atoms with Crippen molar-refractivity contribution in [2.75, 3.05) is 13.7 Å². The maximum Gasteiger partial charge on any atom is 0.113 e. The highest BCUT2D eigenvalue weighted by atomic mass is 16.5. The first-order valence-electron chi connectivity index (χ1n) is 3.26. The predicted octanol–water partition coefficient (Wildman–Crippen LogP) is 0.155. The third-order valence-corrected chi connectivity index (χ3v) is 2.12. The van der Waals surface area contributed by atoms with E-state index in [9.17, 15) is 5.11 Å². The molecular weight excluding hydrogens is 132 g/mol. The minimum absolute atomic E-state index is 0.298. The molecule has 0 heterocycles. The maximum absolute atomic E-state index is 9.48. The van der Waals surface area contributed by atoms with E-state index in [0.717, 1.165) is 0 Å². The number of ether oxygens (including phenoxy) is 1. The monoisotopic (exact) mass is 148 g/mol. The van der Waals surface area contributed by atoms with Crippen LogP contribution in [0.2, 0.25) is 0 Å². The van der Waals surface area contributed by atoms with Gasteiger partial charge in [-0.2, -0.15) is 0 Å². The van der Waals surface area contributed by atoms with E-state index < -0.39 is 11.2 Å². The first-order chi connectivity index (χ1) is 4.37. The third-order valence-electron chi connectivity index (χ3n) is 2.12. The summed E-state index contributed by atoms with van der Waals surface area (Å²) in [6.07, 6.45) is 0. The summed E-state index contributed by atoms with van der Waals surface area (Å²) in [5, 5.41) is 18.2. The van der Waals surface area contributed by atoms with Crippen molar-refractivity contribution < 1.29 is 14.9 Å². The molecule has 0 aliphatic heterocycles. The van der Waals surface area contributed by atoms with Gasteiger partial charge in [0.1, 0.15) is 5.60 Å². The molecule has 0 aliphatic carbocycles. The molecule has 0 saturated heterocycles. The molecule has 0 aromatic rings. The van der Waals surface area contributed by atoms with E-state index in [1.54, 1.807) is 13.8 Å². The summed E-state index contributed by atoms with van der Waals surface area (Å²) < 4.78 is 4.98. The molecule has 0 bridgehead atoms. The van der Waals surface area contributed by atoms with Crippen LogP contribution in [-0.2, 0) is 4.74 Å². The Kier molecular flexibility index (Phi) is 2.83. The largest absolute Gasteiger partial charge is 0.393 e. The smallest absolute Gasteiger partial charge is 0.113 e. The Balaban J connectivity index is 4.28. The van der Waals surface area contributed by atoms with Gasteiger partial charge in [0.25, 0.3) is 0 Å². The average Bonchev–Trinajstić information content (AvgIpc) is 1.88. The van der Waals surface area contributed by atoms with Gasteiger partial charge in [-0.1, -0.05) is 0 Å². The SMILES string of the molecule is COC(C)(C)C(C)(O)CO. The fourth-order valence-electron chi connectivity index (χ4n) is 0.410.